The van der Waals surface area contributed by atoms with Gasteiger partial charge in [0.05, 0.1) is 11.3 Å². The fraction of sp³-hybridized carbons (Fsp3) is 0.562. The van der Waals surface area contributed by atoms with Gasteiger partial charge in [0.25, 0.3) is 0 Å². The van der Waals surface area contributed by atoms with E-state index in [0.29, 0.717) is 23.4 Å². The van der Waals surface area contributed by atoms with Crippen molar-refractivity contribution in [3.05, 3.63) is 36.2 Å². The van der Waals surface area contributed by atoms with Crippen LogP contribution in [0.15, 0.2) is 29.2 Å². The molecule has 2 N–H and O–H groups in total. The first kappa shape index (κ1) is 19.7. The van der Waals surface area contributed by atoms with Crippen LogP contribution in [0.4, 0.5) is 0 Å². The van der Waals surface area contributed by atoms with Crippen LogP contribution in [-0.4, -0.2) is 37.5 Å². The van der Waals surface area contributed by atoms with E-state index < -0.39 is 21.5 Å². The van der Waals surface area contributed by atoms with Gasteiger partial charge in [0, 0.05) is 26.5 Å². The Morgan fingerprint density at radius 3 is 2.68 bits per heavy atom. The van der Waals surface area contributed by atoms with Gasteiger partial charge in [-0.15, -0.1) is 12.1 Å². The molecule has 2 rings (SSSR count). The number of sulfone groups is 1. The average molecular weight is 497 g/mol. The standard InChI is InChI=1S/C16H24NO3S.Re/c1-3-5-10-17-16(4-2)12-21(19,20)14-9-7-6-8-13(14)11-15(16)18;/h6-9,11,15,17-18H,3-5,10,12H2,1-2H3;/q-1;/t15-,16-;/m1./s1. The molecule has 4 nitrogen and oxygen atoms in total. The fourth-order valence-electron chi connectivity index (χ4n) is 2.84. The van der Waals surface area contributed by atoms with Crippen molar-refractivity contribution in [3.8, 4) is 0 Å². The van der Waals surface area contributed by atoms with E-state index in [1.165, 1.54) is 0 Å². The number of hydrogen-bond donors (Lipinski definition) is 2. The Morgan fingerprint density at radius 2 is 2.05 bits per heavy atom. The Kier molecular flexibility index (Phi) is 7.10. The number of aliphatic hydroxyl groups excluding tert-OH is 1. The number of benzene rings is 1. The van der Waals surface area contributed by atoms with E-state index in [-0.39, 0.29) is 26.2 Å². The molecule has 0 spiro atoms. The molecule has 1 aliphatic rings. The molecular weight excluding hydrogens is 472 g/mol. The van der Waals surface area contributed by atoms with E-state index in [1.807, 2.05) is 6.92 Å². The first-order valence-corrected chi connectivity index (χ1v) is 9.20. The van der Waals surface area contributed by atoms with Gasteiger partial charge in [0.2, 0.25) is 0 Å². The molecule has 0 fully saturated rings. The minimum atomic E-state index is -3.42. The van der Waals surface area contributed by atoms with Crippen molar-refractivity contribution < 1.29 is 33.9 Å². The molecule has 1 radical (unpaired) electrons. The van der Waals surface area contributed by atoms with Crippen LogP contribution in [-0.2, 0) is 30.3 Å². The van der Waals surface area contributed by atoms with Crippen LogP contribution in [0.3, 0.4) is 0 Å². The monoisotopic (exact) mass is 497 g/mol. The number of unbranched alkanes of at least 4 members (excludes halogenated alkanes) is 1. The molecule has 0 saturated heterocycles. The van der Waals surface area contributed by atoms with E-state index in [2.05, 4.69) is 12.2 Å². The zero-order valence-electron chi connectivity index (χ0n) is 13.0. The Labute approximate surface area is 147 Å². The van der Waals surface area contributed by atoms with Gasteiger partial charge in [-0.05, 0) is 24.3 Å². The quantitative estimate of drug-likeness (QED) is 0.483. The van der Waals surface area contributed by atoms with Gasteiger partial charge in [-0.2, -0.15) is 18.1 Å². The Balaban J connectivity index is 0.00000242. The van der Waals surface area contributed by atoms with E-state index in [0.717, 1.165) is 12.8 Å². The van der Waals surface area contributed by atoms with Crippen LogP contribution in [0.1, 0.15) is 38.7 Å². The maximum Gasteiger partial charge on any atom is 0.135 e. The second-order valence-electron chi connectivity index (χ2n) is 5.70. The first-order chi connectivity index (χ1) is 9.95. The molecule has 0 aromatic heterocycles. The molecule has 1 aromatic rings. The van der Waals surface area contributed by atoms with Crippen molar-refractivity contribution in [2.75, 3.05) is 12.3 Å². The summed E-state index contributed by atoms with van der Waals surface area (Å²) < 4.78 is 25.3. The second kappa shape index (κ2) is 7.94. The Morgan fingerprint density at radius 1 is 1.36 bits per heavy atom. The van der Waals surface area contributed by atoms with Crippen LogP contribution in [0.25, 0.3) is 0 Å². The summed E-state index contributed by atoms with van der Waals surface area (Å²) in [6.07, 6.45) is 3.39. The summed E-state index contributed by atoms with van der Waals surface area (Å²) in [5.41, 5.74) is -0.217. The number of nitrogens with one attached hydrogen (secondary N) is 1. The summed E-state index contributed by atoms with van der Waals surface area (Å²) in [5.74, 6) is -0.0745. The van der Waals surface area contributed by atoms with E-state index >= 15 is 0 Å². The van der Waals surface area contributed by atoms with Gasteiger partial charge < -0.3 is 10.4 Å². The van der Waals surface area contributed by atoms with Gasteiger partial charge in [-0.1, -0.05) is 26.3 Å². The van der Waals surface area contributed by atoms with Crippen molar-refractivity contribution in [3.63, 3.8) is 0 Å². The zero-order valence-corrected chi connectivity index (χ0v) is 16.6. The summed E-state index contributed by atoms with van der Waals surface area (Å²) in [7, 11) is -3.42. The third kappa shape index (κ3) is 3.93. The average Bonchev–Trinajstić information content (AvgIpc) is 2.54. The van der Waals surface area contributed by atoms with Crippen LogP contribution >= 0.6 is 0 Å². The minimum Gasteiger partial charge on any atom is -0.399 e. The molecule has 0 amide bonds. The summed E-state index contributed by atoms with van der Waals surface area (Å²) in [6, 6.07) is 6.88. The maximum absolute atomic E-state index is 12.7. The molecule has 22 heavy (non-hydrogen) atoms. The summed E-state index contributed by atoms with van der Waals surface area (Å²) >= 11 is 0. The van der Waals surface area contributed by atoms with Crippen molar-refractivity contribution >= 4 is 9.84 Å². The number of fused-ring (bicyclic) bond motifs is 1. The molecule has 1 heterocycles. The molecule has 6 heteroatoms. The maximum atomic E-state index is 12.7. The van der Waals surface area contributed by atoms with E-state index in [1.54, 1.807) is 30.7 Å². The van der Waals surface area contributed by atoms with Crippen LogP contribution < -0.4 is 5.32 Å². The summed E-state index contributed by atoms with van der Waals surface area (Å²) in [4.78, 5) is 0.316. The molecule has 1 aliphatic heterocycles. The van der Waals surface area contributed by atoms with Crippen molar-refractivity contribution in [1.82, 2.24) is 5.32 Å². The zero-order chi connectivity index (χ0) is 15.5. The van der Waals surface area contributed by atoms with Crippen LogP contribution in [0, 0.1) is 6.42 Å². The number of hydrogen-bond acceptors (Lipinski definition) is 4. The topological polar surface area (TPSA) is 66.4 Å². The second-order valence-corrected chi connectivity index (χ2v) is 7.66. The van der Waals surface area contributed by atoms with Gasteiger partial charge in [0.1, 0.15) is 9.84 Å². The molecule has 2 atom stereocenters. The molecule has 0 bridgehead atoms. The predicted molar refractivity (Wildman–Crippen MR) is 83.8 cm³/mol. The minimum absolute atomic E-state index is 0. The molecule has 125 valence electrons. The molecule has 0 saturated carbocycles. The van der Waals surface area contributed by atoms with E-state index in [4.69, 9.17) is 0 Å². The number of rotatable bonds is 5. The third-order valence-electron chi connectivity index (χ3n) is 4.24. The predicted octanol–water partition coefficient (Wildman–Crippen LogP) is 1.92. The van der Waals surface area contributed by atoms with Gasteiger partial charge in [-0.3, -0.25) is 0 Å². The Hall–Kier alpha value is -0.378. The largest absolute Gasteiger partial charge is 0.399 e. The first-order valence-electron chi connectivity index (χ1n) is 7.55. The summed E-state index contributed by atoms with van der Waals surface area (Å²) in [5, 5.41) is 13.9. The van der Waals surface area contributed by atoms with E-state index in [9.17, 15) is 13.5 Å². The smallest absolute Gasteiger partial charge is 0.135 e. The third-order valence-corrected chi connectivity index (χ3v) is 6.18. The fourth-order valence-corrected chi connectivity index (χ4v) is 4.93. The number of aliphatic hydroxyl groups is 1. The molecular formula is C16H24NO3ReS-. The SMILES string of the molecule is CCCCN[C@]1(CC)CS(=O)(=O)c2ccccc2[CH-][C@H]1O.[Re]. The Bertz CT molecular complexity index is 591. The van der Waals surface area contributed by atoms with Crippen molar-refractivity contribution in [2.24, 2.45) is 0 Å². The van der Waals surface area contributed by atoms with Crippen LogP contribution in [0.2, 0.25) is 0 Å². The molecule has 0 aliphatic carbocycles. The normalized spacial score (nSPS) is 26.2. The molecule has 0 unspecified atom stereocenters. The van der Waals surface area contributed by atoms with Crippen LogP contribution in [0.5, 0.6) is 0 Å². The summed E-state index contributed by atoms with van der Waals surface area (Å²) in [6.45, 7) is 4.71. The van der Waals surface area contributed by atoms with Crippen molar-refractivity contribution in [1.29, 1.82) is 0 Å². The molecule has 1 aromatic carbocycles. The van der Waals surface area contributed by atoms with Gasteiger partial charge >= 0.3 is 0 Å². The van der Waals surface area contributed by atoms with Gasteiger partial charge in [-0.25, -0.2) is 8.42 Å². The van der Waals surface area contributed by atoms with Gasteiger partial charge in [0.15, 0.2) is 0 Å². The van der Waals surface area contributed by atoms with Crippen molar-refractivity contribution in [2.45, 2.75) is 49.6 Å².